The van der Waals surface area contributed by atoms with Gasteiger partial charge in [0, 0.05) is 31.6 Å². The number of benzene rings is 1. The van der Waals surface area contributed by atoms with Crippen molar-refractivity contribution in [3.05, 3.63) is 59.6 Å². The van der Waals surface area contributed by atoms with Gasteiger partial charge in [-0.1, -0.05) is 26.0 Å². The molecule has 2 N–H and O–H groups in total. The van der Waals surface area contributed by atoms with E-state index < -0.39 is 5.97 Å². The zero-order valence-corrected chi connectivity index (χ0v) is 16.7. The summed E-state index contributed by atoms with van der Waals surface area (Å²) in [5.41, 5.74) is 3.94. The molecule has 8 heteroatoms. The van der Waals surface area contributed by atoms with Crippen molar-refractivity contribution in [2.45, 2.75) is 19.8 Å². The summed E-state index contributed by atoms with van der Waals surface area (Å²) in [6.07, 6.45) is 1.56. The second-order valence-electron chi connectivity index (χ2n) is 6.97. The van der Waals surface area contributed by atoms with E-state index in [1.807, 2.05) is 45.0 Å². The maximum atomic E-state index is 10.9. The molecular weight excluding hydrogens is 370 g/mol. The number of rotatable bonds is 7. The van der Waals surface area contributed by atoms with Crippen LogP contribution >= 0.6 is 0 Å². The van der Waals surface area contributed by atoms with Gasteiger partial charge in [-0.05, 0) is 24.3 Å². The highest BCUT2D eigenvalue weighted by molar-refractivity contribution is 5.88. The van der Waals surface area contributed by atoms with E-state index in [0.717, 1.165) is 17.2 Å². The molecule has 2 heterocycles. The molecule has 0 fully saturated rings. The van der Waals surface area contributed by atoms with Crippen LogP contribution in [-0.4, -0.2) is 41.4 Å². The number of carboxylic acid groups (broad SMARTS) is 1. The number of aromatic carboxylic acids is 1. The van der Waals surface area contributed by atoms with E-state index in [9.17, 15) is 4.79 Å². The molecule has 0 radical (unpaired) electrons. The number of aromatic nitrogens is 2. The Balaban J connectivity index is 1.72. The predicted octanol–water partition coefficient (Wildman–Crippen LogP) is 4.07. The van der Waals surface area contributed by atoms with E-state index in [4.69, 9.17) is 9.52 Å². The monoisotopic (exact) mass is 393 g/mol. The summed E-state index contributed by atoms with van der Waals surface area (Å²) < 4.78 is 5.75. The maximum absolute atomic E-state index is 10.9. The number of hydrazone groups is 1. The zero-order chi connectivity index (χ0) is 21.0. The molecule has 0 unspecified atom stereocenters. The van der Waals surface area contributed by atoms with Crippen molar-refractivity contribution in [2.24, 2.45) is 5.10 Å². The molecular formula is C21H23N5O3. The minimum atomic E-state index is -0.960. The Labute approximate surface area is 168 Å². The van der Waals surface area contributed by atoms with Crippen LogP contribution in [0.25, 0.3) is 11.3 Å². The minimum Gasteiger partial charge on any atom is -0.478 e. The highest BCUT2D eigenvalue weighted by Gasteiger charge is 2.09. The lowest BCUT2D eigenvalue weighted by Crippen LogP contribution is -2.13. The highest BCUT2D eigenvalue weighted by Crippen LogP contribution is 2.22. The molecule has 0 spiro atoms. The summed E-state index contributed by atoms with van der Waals surface area (Å²) in [5, 5.41) is 13.2. The molecule has 3 rings (SSSR count). The second-order valence-corrected chi connectivity index (χ2v) is 6.97. The van der Waals surface area contributed by atoms with Gasteiger partial charge in [0.2, 0.25) is 0 Å². The lowest BCUT2D eigenvalue weighted by molar-refractivity contribution is 0.0697. The van der Waals surface area contributed by atoms with Crippen molar-refractivity contribution in [3.63, 3.8) is 0 Å². The Kier molecular flexibility index (Phi) is 5.92. The quantitative estimate of drug-likeness (QED) is 0.460. The van der Waals surface area contributed by atoms with Crippen molar-refractivity contribution < 1.29 is 14.3 Å². The first-order valence-electron chi connectivity index (χ1n) is 9.12. The summed E-state index contributed by atoms with van der Waals surface area (Å²) in [5.74, 6) is 2.55. The van der Waals surface area contributed by atoms with Crippen molar-refractivity contribution >= 4 is 23.8 Å². The van der Waals surface area contributed by atoms with Gasteiger partial charge in [-0.25, -0.2) is 14.8 Å². The van der Waals surface area contributed by atoms with Gasteiger partial charge in [0.1, 0.15) is 23.2 Å². The molecule has 1 aromatic carbocycles. The van der Waals surface area contributed by atoms with Gasteiger partial charge in [0.05, 0.1) is 11.8 Å². The number of hydrogen-bond acceptors (Lipinski definition) is 7. The largest absolute Gasteiger partial charge is 0.478 e. The number of nitrogens with zero attached hydrogens (tertiary/aromatic N) is 4. The number of carboxylic acids is 1. The van der Waals surface area contributed by atoms with E-state index in [1.165, 1.54) is 0 Å². The minimum absolute atomic E-state index is 0.194. The Morgan fingerprint density at radius 2 is 1.90 bits per heavy atom. The third kappa shape index (κ3) is 4.98. The molecule has 3 aromatic rings. The molecule has 2 aromatic heterocycles. The summed E-state index contributed by atoms with van der Waals surface area (Å²) in [7, 11) is 3.85. The smallest absolute Gasteiger partial charge is 0.335 e. The number of furan rings is 1. The number of carbonyl (C=O) groups is 1. The average molecular weight is 393 g/mol. The van der Waals surface area contributed by atoms with E-state index in [-0.39, 0.29) is 11.5 Å². The fourth-order valence-corrected chi connectivity index (χ4v) is 2.51. The van der Waals surface area contributed by atoms with Gasteiger partial charge < -0.3 is 14.4 Å². The topological polar surface area (TPSA) is 104 Å². The molecule has 0 aliphatic heterocycles. The Morgan fingerprint density at radius 3 is 2.52 bits per heavy atom. The molecule has 0 aliphatic carbocycles. The first kappa shape index (κ1) is 20.1. The fraction of sp³-hybridized carbons (Fsp3) is 0.238. The second kappa shape index (κ2) is 8.55. The van der Waals surface area contributed by atoms with Crippen molar-refractivity contribution in [2.75, 3.05) is 24.4 Å². The fourth-order valence-electron chi connectivity index (χ4n) is 2.51. The van der Waals surface area contributed by atoms with Crippen LogP contribution in [0.3, 0.4) is 0 Å². The standard InChI is InChI=1S/C21H23N5O3/c1-13(2)20-23-18(11-19(24-20)26(3)4)25-22-12-16-9-10-17(29-16)14-5-7-15(8-6-14)21(27)28/h5-13H,1-4H3,(H,27,28)(H,23,24,25)/b22-12-. The van der Waals surface area contributed by atoms with E-state index in [1.54, 1.807) is 36.5 Å². The molecule has 0 aliphatic rings. The molecule has 8 nitrogen and oxygen atoms in total. The third-order valence-electron chi connectivity index (χ3n) is 4.12. The zero-order valence-electron chi connectivity index (χ0n) is 16.7. The molecule has 0 saturated carbocycles. The maximum Gasteiger partial charge on any atom is 0.335 e. The number of nitrogens with one attached hydrogen (secondary N) is 1. The summed E-state index contributed by atoms with van der Waals surface area (Å²) in [6, 6.07) is 11.9. The predicted molar refractivity (Wildman–Crippen MR) is 113 cm³/mol. The lowest BCUT2D eigenvalue weighted by Gasteiger charge is -2.15. The van der Waals surface area contributed by atoms with E-state index in [2.05, 4.69) is 20.5 Å². The average Bonchev–Trinajstić information content (AvgIpc) is 3.16. The normalized spacial score (nSPS) is 11.2. The van der Waals surface area contributed by atoms with Gasteiger partial charge in [-0.15, -0.1) is 0 Å². The lowest BCUT2D eigenvalue weighted by atomic mass is 10.1. The Bertz CT molecular complexity index is 997. The van der Waals surface area contributed by atoms with Crippen LogP contribution in [0, 0.1) is 0 Å². The summed E-state index contributed by atoms with van der Waals surface area (Å²) in [4.78, 5) is 21.9. The summed E-state index contributed by atoms with van der Waals surface area (Å²) in [6.45, 7) is 4.07. The van der Waals surface area contributed by atoms with Crippen LogP contribution in [-0.2, 0) is 0 Å². The SMILES string of the molecule is CC(C)c1nc(N/N=C\c2ccc(-c3ccc(C(=O)O)cc3)o2)cc(N(C)C)n1. The Hall–Kier alpha value is -3.68. The molecule has 0 atom stereocenters. The van der Waals surface area contributed by atoms with Gasteiger partial charge in [0.25, 0.3) is 0 Å². The van der Waals surface area contributed by atoms with Crippen LogP contribution in [0.1, 0.15) is 41.7 Å². The van der Waals surface area contributed by atoms with Gasteiger partial charge in [-0.2, -0.15) is 5.10 Å². The first-order valence-corrected chi connectivity index (χ1v) is 9.12. The van der Waals surface area contributed by atoms with Crippen LogP contribution < -0.4 is 10.3 Å². The van der Waals surface area contributed by atoms with Crippen molar-refractivity contribution in [3.8, 4) is 11.3 Å². The van der Waals surface area contributed by atoms with Crippen LogP contribution in [0.15, 0.2) is 52.0 Å². The highest BCUT2D eigenvalue weighted by atomic mass is 16.4. The molecule has 0 bridgehead atoms. The van der Waals surface area contributed by atoms with E-state index >= 15 is 0 Å². The molecule has 29 heavy (non-hydrogen) atoms. The van der Waals surface area contributed by atoms with Crippen molar-refractivity contribution in [1.29, 1.82) is 0 Å². The van der Waals surface area contributed by atoms with Crippen molar-refractivity contribution in [1.82, 2.24) is 9.97 Å². The molecule has 150 valence electrons. The molecule has 0 saturated heterocycles. The van der Waals surface area contributed by atoms with Gasteiger partial charge in [0.15, 0.2) is 5.82 Å². The Morgan fingerprint density at radius 1 is 1.17 bits per heavy atom. The van der Waals surface area contributed by atoms with Crippen LogP contribution in [0.4, 0.5) is 11.6 Å². The third-order valence-corrected chi connectivity index (χ3v) is 4.12. The van der Waals surface area contributed by atoms with Crippen LogP contribution in [0.2, 0.25) is 0 Å². The van der Waals surface area contributed by atoms with E-state index in [0.29, 0.717) is 17.3 Å². The van der Waals surface area contributed by atoms with Gasteiger partial charge in [-0.3, -0.25) is 5.43 Å². The number of anilines is 2. The number of hydrogen-bond donors (Lipinski definition) is 2. The summed E-state index contributed by atoms with van der Waals surface area (Å²) >= 11 is 0. The van der Waals surface area contributed by atoms with Gasteiger partial charge >= 0.3 is 5.97 Å². The molecule has 0 amide bonds. The van der Waals surface area contributed by atoms with Crippen LogP contribution in [0.5, 0.6) is 0 Å². The first-order chi connectivity index (χ1) is 13.8.